The van der Waals surface area contributed by atoms with E-state index in [0.717, 1.165) is 0 Å². The van der Waals surface area contributed by atoms with Gasteiger partial charge >= 0.3 is 0 Å². The minimum absolute atomic E-state index is 0.0340. The van der Waals surface area contributed by atoms with E-state index in [9.17, 15) is 13.2 Å². The molecular formula is C18H21ClN2O5S. The molecule has 0 aliphatic carbocycles. The molecular weight excluding hydrogens is 392 g/mol. The fourth-order valence-electron chi connectivity index (χ4n) is 2.28. The second kappa shape index (κ2) is 8.49. The molecule has 0 fully saturated rings. The van der Waals surface area contributed by atoms with Gasteiger partial charge in [0.25, 0.3) is 15.9 Å². The minimum Gasteiger partial charge on any atom is -0.493 e. The average molecular weight is 413 g/mol. The number of rotatable bonds is 7. The highest BCUT2D eigenvalue weighted by molar-refractivity contribution is 7.92. The maximum Gasteiger partial charge on any atom is 0.262 e. The van der Waals surface area contributed by atoms with Gasteiger partial charge in [0, 0.05) is 17.7 Å². The van der Waals surface area contributed by atoms with Crippen LogP contribution in [0.15, 0.2) is 41.3 Å². The topological polar surface area (TPSA) is 93.7 Å². The molecule has 27 heavy (non-hydrogen) atoms. The fourth-order valence-corrected chi connectivity index (χ4v) is 3.58. The van der Waals surface area contributed by atoms with E-state index in [1.165, 1.54) is 50.6 Å². The van der Waals surface area contributed by atoms with E-state index in [0.29, 0.717) is 5.75 Å². The van der Waals surface area contributed by atoms with Crippen molar-refractivity contribution in [3.63, 3.8) is 0 Å². The highest BCUT2D eigenvalue weighted by atomic mass is 35.5. The zero-order chi connectivity index (χ0) is 20.2. The van der Waals surface area contributed by atoms with Crippen LogP contribution in [0.4, 0.5) is 5.69 Å². The highest BCUT2D eigenvalue weighted by Crippen LogP contribution is 2.31. The van der Waals surface area contributed by atoms with Crippen LogP contribution in [-0.4, -0.2) is 34.6 Å². The van der Waals surface area contributed by atoms with Gasteiger partial charge in [0.15, 0.2) is 11.5 Å². The number of sulfonamides is 1. The van der Waals surface area contributed by atoms with Crippen LogP contribution in [-0.2, 0) is 10.0 Å². The summed E-state index contributed by atoms with van der Waals surface area (Å²) in [6.45, 7) is 3.66. The van der Waals surface area contributed by atoms with Crippen molar-refractivity contribution in [2.75, 3.05) is 18.9 Å². The van der Waals surface area contributed by atoms with E-state index < -0.39 is 10.0 Å². The Kier molecular flexibility index (Phi) is 6.56. The predicted octanol–water partition coefficient (Wildman–Crippen LogP) is 3.30. The lowest BCUT2D eigenvalue weighted by atomic mass is 10.2. The van der Waals surface area contributed by atoms with Crippen molar-refractivity contribution >= 4 is 33.2 Å². The van der Waals surface area contributed by atoms with Gasteiger partial charge in [0.05, 0.1) is 29.8 Å². The normalized spacial score (nSPS) is 11.2. The highest BCUT2D eigenvalue weighted by Gasteiger charge is 2.19. The van der Waals surface area contributed by atoms with Gasteiger partial charge in [-0.1, -0.05) is 11.6 Å². The number of benzene rings is 2. The minimum atomic E-state index is -3.96. The van der Waals surface area contributed by atoms with Crippen LogP contribution in [0.2, 0.25) is 5.02 Å². The Morgan fingerprint density at radius 1 is 1.04 bits per heavy atom. The number of amides is 1. The first-order chi connectivity index (χ1) is 12.7. The SMILES string of the molecule is COc1ccc(S(=O)(=O)Nc2cc(C(=O)NC(C)C)ccc2Cl)cc1OC. The summed E-state index contributed by atoms with van der Waals surface area (Å²) < 4.78 is 38.1. The maximum absolute atomic E-state index is 12.7. The van der Waals surface area contributed by atoms with Gasteiger partial charge in [-0.3, -0.25) is 9.52 Å². The first kappa shape index (κ1) is 20.9. The van der Waals surface area contributed by atoms with Crippen LogP contribution in [0.1, 0.15) is 24.2 Å². The molecule has 0 saturated heterocycles. The number of anilines is 1. The zero-order valence-corrected chi connectivity index (χ0v) is 16.9. The Labute approximate surface area is 163 Å². The van der Waals surface area contributed by atoms with E-state index in [1.807, 2.05) is 13.8 Å². The van der Waals surface area contributed by atoms with Crippen LogP contribution >= 0.6 is 11.6 Å². The van der Waals surface area contributed by atoms with E-state index in [4.69, 9.17) is 21.1 Å². The van der Waals surface area contributed by atoms with Gasteiger partial charge in [0.1, 0.15) is 0 Å². The third-order valence-electron chi connectivity index (χ3n) is 3.56. The maximum atomic E-state index is 12.7. The lowest BCUT2D eigenvalue weighted by Gasteiger charge is -2.14. The smallest absolute Gasteiger partial charge is 0.262 e. The Bertz CT molecular complexity index is 945. The van der Waals surface area contributed by atoms with Crippen molar-refractivity contribution in [1.29, 1.82) is 0 Å². The Balaban J connectivity index is 2.36. The van der Waals surface area contributed by atoms with E-state index >= 15 is 0 Å². The molecule has 0 aliphatic heterocycles. The van der Waals surface area contributed by atoms with Crippen LogP contribution < -0.4 is 19.5 Å². The number of hydrogen-bond acceptors (Lipinski definition) is 5. The lowest BCUT2D eigenvalue weighted by molar-refractivity contribution is 0.0943. The molecule has 0 aliphatic rings. The molecule has 0 radical (unpaired) electrons. The number of methoxy groups -OCH3 is 2. The van der Waals surface area contributed by atoms with Crippen molar-refractivity contribution in [2.24, 2.45) is 0 Å². The van der Waals surface area contributed by atoms with E-state index in [2.05, 4.69) is 10.0 Å². The van der Waals surface area contributed by atoms with Crippen LogP contribution in [0.25, 0.3) is 0 Å². The first-order valence-electron chi connectivity index (χ1n) is 8.03. The van der Waals surface area contributed by atoms with Crippen LogP contribution in [0.5, 0.6) is 11.5 Å². The van der Waals surface area contributed by atoms with Gasteiger partial charge in [-0.25, -0.2) is 8.42 Å². The molecule has 2 N–H and O–H groups in total. The van der Waals surface area contributed by atoms with Gasteiger partial charge in [-0.05, 0) is 44.2 Å². The van der Waals surface area contributed by atoms with Crippen molar-refractivity contribution < 1.29 is 22.7 Å². The Hall–Kier alpha value is -2.45. The zero-order valence-electron chi connectivity index (χ0n) is 15.4. The second-order valence-corrected chi connectivity index (χ2v) is 8.03. The third-order valence-corrected chi connectivity index (χ3v) is 5.25. The molecule has 1 amide bonds. The average Bonchev–Trinajstić information content (AvgIpc) is 2.62. The van der Waals surface area contributed by atoms with E-state index in [1.54, 1.807) is 0 Å². The number of ether oxygens (including phenoxy) is 2. The number of hydrogen-bond donors (Lipinski definition) is 2. The molecule has 0 atom stereocenters. The Morgan fingerprint density at radius 2 is 1.70 bits per heavy atom. The molecule has 9 heteroatoms. The molecule has 7 nitrogen and oxygen atoms in total. The van der Waals surface area contributed by atoms with Crippen LogP contribution in [0.3, 0.4) is 0 Å². The largest absolute Gasteiger partial charge is 0.493 e. The quantitative estimate of drug-likeness (QED) is 0.727. The fraction of sp³-hybridized carbons (Fsp3) is 0.278. The molecule has 0 aromatic heterocycles. The summed E-state index contributed by atoms with van der Waals surface area (Å²) in [5.74, 6) is 0.353. The van der Waals surface area contributed by atoms with Gasteiger partial charge in [-0.2, -0.15) is 0 Å². The first-order valence-corrected chi connectivity index (χ1v) is 9.89. The lowest BCUT2D eigenvalue weighted by Crippen LogP contribution is -2.30. The van der Waals surface area contributed by atoms with Crippen molar-refractivity contribution in [2.45, 2.75) is 24.8 Å². The number of halogens is 1. The predicted molar refractivity (Wildman–Crippen MR) is 104 cm³/mol. The van der Waals surface area contributed by atoms with Gasteiger partial charge in [-0.15, -0.1) is 0 Å². The number of nitrogens with one attached hydrogen (secondary N) is 2. The number of carbonyl (C=O) groups excluding carboxylic acids is 1. The second-order valence-electron chi connectivity index (χ2n) is 5.95. The molecule has 0 saturated carbocycles. The molecule has 0 unspecified atom stereocenters. The molecule has 0 bridgehead atoms. The summed E-state index contributed by atoms with van der Waals surface area (Å²) in [7, 11) is -1.09. The Morgan fingerprint density at radius 3 is 2.30 bits per heavy atom. The van der Waals surface area contributed by atoms with Gasteiger partial charge in [0.2, 0.25) is 0 Å². The standard InChI is InChI=1S/C18H21ClN2O5S/c1-11(2)20-18(22)12-5-7-14(19)15(9-12)21-27(23,24)13-6-8-16(25-3)17(10-13)26-4/h5-11,21H,1-4H3,(H,20,22). The van der Waals surface area contributed by atoms with Crippen LogP contribution in [0, 0.1) is 0 Å². The summed E-state index contributed by atoms with van der Waals surface area (Å²) in [4.78, 5) is 12.1. The molecule has 0 spiro atoms. The van der Waals surface area contributed by atoms with Crippen molar-refractivity contribution in [3.8, 4) is 11.5 Å². The van der Waals surface area contributed by atoms with E-state index in [-0.39, 0.29) is 38.9 Å². The summed E-state index contributed by atoms with van der Waals surface area (Å²) in [6.07, 6.45) is 0. The number of carbonyl (C=O) groups is 1. The summed E-state index contributed by atoms with van der Waals surface area (Å²) in [5, 5.41) is 2.91. The molecule has 2 aromatic rings. The van der Waals surface area contributed by atoms with Gasteiger partial charge < -0.3 is 14.8 Å². The van der Waals surface area contributed by atoms with Crippen molar-refractivity contribution in [3.05, 3.63) is 47.0 Å². The summed E-state index contributed by atoms with van der Waals surface area (Å²) in [6, 6.07) is 8.52. The van der Waals surface area contributed by atoms with Crippen molar-refractivity contribution in [1.82, 2.24) is 5.32 Å². The molecule has 2 aromatic carbocycles. The summed E-state index contributed by atoms with van der Waals surface area (Å²) in [5.41, 5.74) is 0.390. The monoisotopic (exact) mass is 412 g/mol. The third kappa shape index (κ3) is 5.05. The molecule has 0 heterocycles. The summed E-state index contributed by atoms with van der Waals surface area (Å²) >= 11 is 6.10. The molecule has 2 rings (SSSR count). The molecule has 146 valence electrons.